The van der Waals surface area contributed by atoms with Crippen LogP contribution in [0.15, 0.2) is 28.7 Å². The molecule has 1 unspecified atom stereocenters. The molecule has 2 N–H and O–H groups in total. The zero-order chi connectivity index (χ0) is 17.3. The van der Waals surface area contributed by atoms with E-state index >= 15 is 0 Å². The molecule has 2 fully saturated rings. The van der Waals surface area contributed by atoms with Gasteiger partial charge in [-0.05, 0) is 47.3 Å². The van der Waals surface area contributed by atoms with Crippen molar-refractivity contribution in [3.05, 3.63) is 28.7 Å². The summed E-state index contributed by atoms with van der Waals surface area (Å²) in [5.74, 6) is -2.59. The van der Waals surface area contributed by atoms with Crippen LogP contribution in [-0.2, 0) is 14.4 Å². The van der Waals surface area contributed by atoms with Crippen LogP contribution in [0.4, 0.5) is 5.69 Å². The van der Waals surface area contributed by atoms with Crippen molar-refractivity contribution in [1.29, 1.82) is 0 Å². The number of carboxylic acid groups (broad SMARTS) is 1. The van der Waals surface area contributed by atoms with Gasteiger partial charge in [-0.2, -0.15) is 0 Å². The molecule has 128 valence electrons. The highest BCUT2D eigenvalue weighted by molar-refractivity contribution is 9.10. The van der Waals surface area contributed by atoms with Crippen LogP contribution >= 0.6 is 15.9 Å². The molecule has 1 saturated heterocycles. The number of aliphatic carboxylic acids is 1. The van der Waals surface area contributed by atoms with E-state index in [4.69, 9.17) is 0 Å². The lowest BCUT2D eigenvalue weighted by molar-refractivity contribution is -0.148. The SMILES string of the molecule is O=C(NC1(C(=O)O)CCCC1)C1CCN(c2ccccc2Br)C1=O. The lowest BCUT2D eigenvalue weighted by Gasteiger charge is -2.26. The Labute approximate surface area is 148 Å². The van der Waals surface area contributed by atoms with Gasteiger partial charge in [0.05, 0.1) is 5.69 Å². The van der Waals surface area contributed by atoms with Gasteiger partial charge in [-0.3, -0.25) is 9.59 Å². The Morgan fingerprint density at radius 3 is 2.54 bits per heavy atom. The Bertz CT molecular complexity index is 685. The number of hydrogen-bond acceptors (Lipinski definition) is 3. The molecule has 1 aliphatic heterocycles. The molecule has 6 nitrogen and oxygen atoms in total. The quantitative estimate of drug-likeness (QED) is 0.767. The fourth-order valence-electron chi connectivity index (χ4n) is 3.53. The van der Waals surface area contributed by atoms with Gasteiger partial charge in [0.1, 0.15) is 11.5 Å². The molecule has 1 aliphatic carbocycles. The summed E-state index contributed by atoms with van der Waals surface area (Å²) in [5, 5.41) is 12.1. The average molecular weight is 395 g/mol. The maximum absolute atomic E-state index is 12.6. The number of nitrogens with one attached hydrogen (secondary N) is 1. The third-order valence-electron chi connectivity index (χ3n) is 4.89. The van der Waals surface area contributed by atoms with Crippen LogP contribution in [-0.4, -0.2) is 35.0 Å². The summed E-state index contributed by atoms with van der Waals surface area (Å²) in [7, 11) is 0. The Balaban J connectivity index is 1.74. The first-order chi connectivity index (χ1) is 11.4. The fourth-order valence-corrected chi connectivity index (χ4v) is 4.03. The van der Waals surface area contributed by atoms with E-state index in [-0.39, 0.29) is 5.91 Å². The van der Waals surface area contributed by atoms with Gasteiger partial charge in [0.2, 0.25) is 11.8 Å². The van der Waals surface area contributed by atoms with Gasteiger partial charge in [0.15, 0.2) is 0 Å². The number of halogens is 1. The third kappa shape index (κ3) is 2.92. The minimum absolute atomic E-state index is 0.280. The van der Waals surface area contributed by atoms with Gasteiger partial charge < -0.3 is 15.3 Å². The molecule has 0 aromatic heterocycles. The highest BCUT2D eigenvalue weighted by Gasteiger charge is 2.46. The molecule has 2 aliphatic rings. The number of amides is 2. The van der Waals surface area contributed by atoms with Crippen molar-refractivity contribution in [2.24, 2.45) is 5.92 Å². The Morgan fingerprint density at radius 1 is 1.25 bits per heavy atom. The minimum atomic E-state index is -1.21. The number of para-hydroxylation sites is 1. The monoisotopic (exact) mass is 394 g/mol. The molecule has 24 heavy (non-hydrogen) atoms. The number of rotatable bonds is 4. The van der Waals surface area contributed by atoms with Crippen molar-refractivity contribution in [3.63, 3.8) is 0 Å². The molecule has 1 aromatic carbocycles. The van der Waals surface area contributed by atoms with Crippen LogP contribution in [0.3, 0.4) is 0 Å². The standard InChI is InChI=1S/C17H19BrN2O4/c18-12-5-1-2-6-13(12)20-10-7-11(15(20)22)14(21)19-17(16(23)24)8-3-4-9-17/h1-2,5-6,11H,3-4,7-10H2,(H,19,21)(H,23,24). The first kappa shape index (κ1) is 17.0. The molecular formula is C17H19BrN2O4. The van der Waals surface area contributed by atoms with Crippen molar-refractivity contribution in [2.75, 3.05) is 11.4 Å². The van der Waals surface area contributed by atoms with Crippen LogP contribution < -0.4 is 10.2 Å². The minimum Gasteiger partial charge on any atom is -0.480 e. The predicted octanol–water partition coefficient (Wildman–Crippen LogP) is 2.32. The predicted molar refractivity (Wildman–Crippen MR) is 91.6 cm³/mol. The summed E-state index contributed by atoms with van der Waals surface area (Å²) in [6, 6.07) is 7.35. The number of carbonyl (C=O) groups excluding carboxylic acids is 2. The highest BCUT2D eigenvalue weighted by Crippen LogP contribution is 2.33. The van der Waals surface area contributed by atoms with Crippen LogP contribution in [0.5, 0.6) is 0 Å². The molecule has 7 heteroatoms. The number of hydrogen-bond donors (Lipinski definition) is 2. The Morgan fingerprint density at radius 2 is 1.92 bits per heavy atom. The largest absolute Gasteiger partial charge is 0.480 e. The lowest BCUT2D eigenvalue weighted by Crippen LogP contribution is -2.54. The maximum Gasteiger partial charge on any atom is 0.329 e. The van der Waals surface area contributed by atoms with Gasteiger partial charge in [-0.15, -0.1) is 0 Å². The summed E-state index contributed by atoms with van der Waals surface area (Å²) in [6.07, 6.45) is 2.77. The summed E-state index contributed by atoms with van der Waals surface area (Å²) < 4.78 is 0.789. The number of carbonyl (C=O) groups is 3. The molecule has 3 rings (SSSR count). The van der Waals surface area contributed by atoms with Crippen molar-refractivity contribution < 1.29 is 19.5 Å². The van der Waals surface area contributed by atoms with Crippen LogP contribution in [0, 0.1) is 5.92 Å². The molecule has 1 saturated carbocycles. The molecule has 1 atom stereocenters. The first-order valence-electron chi connectivity index (χ1n) is 8.06. The van der Waals surface area contributed by atoms with E-state index in [1.807, 2.05) is 24.3 Å². The number of benzene rings is 1. The van der Waals surface area contributed by atoms with Crippen molar-refractivity contribution in [3.8, 4) is 0 Å². The second-order valence-corrected chi connectivity index (χ2v) is 7.22. The van der Waals surface area contributed by atoms with Gasteiger partial charge in [-0.1, -0.05) is 25.0 Å². The van der Waals surface area contributed by atoms with E-state index in [9.17, 15) is 19.5 Å². The van der Waals surface area contributed by atoms with Crippen molar-refractivity contribution in [2.45, 2.75) is 37.6 Å². The second-order valence-electron chi connectivity index (χ2n) is 6.37. The normalized spacial score (nSPS) is 22.6. The highest BCUT2D eigenvalue weighted by atomic mass is 79.9. The topological polar surface area (TPSA) is 86.7 Å². The van der Waals surface area contributed by atoms with E-state index in [0.29, 0.717) is 25.8 Å². The molecular weight excluding hydrogens is 376 g/mol. The Hall–Kier alpha value is -1.89. The molecule has 1 heterocycles. The third-order valence-corrected chi connectivity index (χ3v) is 5.56. The van der Waals surface area contributed by atoms with E-state index in [2.05, 4.69) is 21.2 Å². The Kier molecular flexibility index (Phi) is 4.62. The van der Waals surface area contributed by atoms with Crippen LogP contribution in [0.1, 0.15) is 32.1 Å². The van der Waals surface area contributed by atoms with Crippen molar-refractivity contribution >= 4 is 39.4 Å². The van der Waals surface area contributed by atoms with Gasteiger partial charge in [0, 0.05) is 11.0 Å². The first-order valence-corrected chi connectivity index (χ1v) is 8.85. The van der Waals surface area contributed by atoms with E-state index in [1.54, 1.807) is 4.90 Å². The molecule has 2 amide bonds. The summed E-state index contributed by atoms with van der Waals surface area (Å²) in [5.41, 5.74) is -0.482. The van der Waals surface area contributed by atoms with Gasteiger partial charge >= 0.3 is 5.97 Å². The number of nitrogens with zero attached hydrogens (tertiary/aromatic N) is 1. The van der Waals surface area contributed by atoms with Crippen LogP contribution in [0.2, 0.25) is 0 Å². The summed E-state index contributed by atoms with van der Waals surface area (Å²) >= 11 is 3.42. The maximum atomic E-state index is 12.6. The van der Waals surface area contributed by atoms with Gasteiger partial charge in [0.25, 0.3) is 0 Å². The zero-order valence-corrected chi connectivity index (χ0v) is 14.7. The van der Waals surface area contributed by atoms with E-state index in [1.165, 1.54) is 0 Å². The number of carboxylic acids is 1. The fraction of sp³-hybridized carbons (Fsp3) is 0.471. The molecule has 0 radical (unpaired) electrons. The average Bonchev–Trinajstić information content (AvgIpc) is 3.16. The molecule has 0 bridgehead atoms. The van der Waals surface area contributed by atoms with Crippen molar-refractivity contribution in [1.82, 2.24) is 5.32 Å². The lowest BCUT2D eigenvalue weighted by atomic mass is 9.96. The summed E-state index contributed by atoms with van der Waals surface area (Å²) in [6.45, 7) is 0.444. The summed E-state index contributed by atoms with van der Waals surface area (Å²) in [4.78, 5) is 38.3. The zero-order valence-electron chi connectivity index (χ0n) is 13.1. The molecule has 1 aromatic rings. The van der Waals surface area contributed by atoms with Gasteiger partial charge in [-0.25, -0.2) is 4.79 Å². The van der Waals surface area contributed by atoms with Crippen LogP contribution in [0.25, 0.3) is 0 Å². The van der Waals surface area contributed by atoms with E-state index < -0.39 is 23.3 Å². The molecule has 0 spiro atoms. The number of anilines is 1. The second kappa shape index (κ2) is 6.55. The van der Waals surface area contributed by atoms with E-state index in [0.717, 1.165) is 23.0 Å². The smallest absolute Gasteiger partial charge is 0.329 e.